The zero-order valence-electron chi connectivity index (χ0n) is 21.0. The quantitative estimate of drug-likeness (QED) is 0.513. The molecule has 3 N–H and O–H groups in total. The van der Waals surface area contributed by atoms with E-state index in [9.17, 15) is 19.4 Å². The summed E-state index contributed by atoms with van der Waals surface area (Å²) in [5.74, 6) is 4.66. The largest absolute Gasteiger partial charge is 0.508 e. The highest BCUT2D eigenvalue weighted by atomic mass is 19.1. The van der Waals surface area contributed by atoms with E-state index in [4.69, 9.17) is 4.11 Å². The number of carbonyl (C=O) groups excluding carboxylic acids is 1. The molecule has 0 aliphatic heterocycles. The van der Waals surface area contributed by atoms with Crippen LogP contribution in [0.1, 0.15) is 61.4 Å². The van der Waals surface area contributed by atoms with Crippen LogP contribution in [0.5, 0.6) is 5.75 Å². The highest BCUT2D eigenvalue weighted by molar-refractivity contribution is 5.93. The number of nitrogens with zero attached hydrogens (tertiary/aromatic N) is 1. The Morgan fingerprint density at radius 1 is 1.24 bits per heavy atom. The molecule has 1 atom stereocenters. The van der Waals surface area contributed by atoms with Crippen molar-refractivity contribution in [1.82, 2.24) is 10.3 Å². The normalized spacial score (nSPS) is 16.4. The lowest BCUT2D eigenvalue weighted by atomic mass is 9.96. The highest BCUT2D eigenvalue weighted by Gasteiger charge is 2.40. The van der Waals surface area contributed by atoms with E-state index in [-0.39, 0.29) is 34.6 Å². The number of pyridine rings is 1. The number of halogens is 1. The molecule has 1 unspecified atom stereocenters. The van der Waals surface area contributed by atoms with E-state index < -0.39 is 24.6 Å². The van der Waals surface area contributed by atoms with E-state index in [1.807, 2.05) is 0 Å². The molecule has 168 valence electrons. The van der Waals surface area contributed by atoms with Gasteiger partial charge in [-0.2, -0.15) is 0 Å². The molecule has 6 heteroatoms. The Balaban J connectivity index is 1.69. The van der Waals surface area contributed by atoms with Crippen LogP contribution >= 0.6 is 0 Å². The van der Waals surface area contributed by atoms with Crippen LogP contribution in [0.2, 0.25) is 0 Å². The van der Waals surface area contributed by atoms with Crippen molar-refractivity contribution in [3.8, 4) is 17.6 Å². The van der Waals surface area contributed by atoms with E-state index in [1.165, 1.54) is 36.4 Å². The second kappa shape index (κ2) is 9.05. The highest BCUT2D eigenvalue weighted by Crippen LogP contribution is 2.44. The van der Waals surface area contributed by atoms with Gasteiger partial charge in [0.05, 0.1) is 18.1 Å². The van der Waals surface area contributed by atoms with Gasteiger partial charge in [-0.3, -0.25) is 4.79 Å². The molecule has 33 heavy (non-hydrogen) atoms. The third kappa shape index (κ3) is 5.21. The SMILES string of the molecule is [2H]C([2H])([2H])c1ccc(C(NC(=O)c2cc(C#CC3(CO)CC3)cc(C)n2)c2cc(F)ccc2O)cc1. The first kappa shape index (κ1) is 18.8. The zero-order chi connectivity index (χ0) is 26.1. The maximum Gasteiger partial charge on any atom is 0.270 e. The maximum absolute atomic E-state index is 14.1. The van der Waals surface area contributed by atoms with Gasteiger partial charge in [-0.05, 0) is 62.5 Å². The summed E-state index contributed by atoms with van der Waals surface area (Å²) in [7, 11) is 0. The fourth-order valence-corrected chi connectivity index (χ4v) is 3.51. The number of amides is 1. The molecule has 1 amide bonds. The monoisotopic (exact) mass is 447 g/mol. The van der Waals surface area contributed by atoms with E-state index >= 15 is 0 Å². The van der Waals surface area contributed by atoms with Gasteiger partial charge in [-0.15, -0.1) is 0 Å². The molecule has 0 spiro atoms. The molecule has 1 heterocycles. The first-order valence-corrected chi connectivity index (χ1v) is 10.5. The van der Waals surface area contributed by atoms with Crippen LogP contribution in [0.3, 0.4) is 0 Å². The molecule has 4 rings (SSSR count). The topological polar surface area (TPSA) is 82.5 Å². The standard InChI is InChI=1S/C27H25FN2O3/c1-17-3-5-20(6-4-17)25(22-15-21(28)7-8-24(22)32)30-26(33)23-14-19(13-18(2)29-23)9-10-27(16-31)11-12-27/h3-8,13-15,25,31-32H,11-12,16H2,1-2H3,(H,30,33)/i1D3. The lowest BCUT2D eigenvalue weighted by Crippen LogP contribution is -2.30. The number of hydrogen-bond donors (Lipinski definition) is 3. The van der Waals surface area contributed by atoms with Crippen molar-refractivity contribution in [2.24, 2.45) is 5.41 Å². The van der Waals surface area contributed by atoms with Gasteiger partial charge in [0.2, 0.25) is 0 Å². The maximum atomic E-state index is 14.1. The fourth-order valence-electron chi connectivity index (χ4n) is 3.51. The van der Waals surface area contributed by atoms with Crippen LogP contribution in [-0.2, 0) is 0 Å². The number of aromatic hydroxyl groups is 1. The molecule has 5 nitrogen and oxygen atoms in total. The van der Waals surface area contributed by atoms with Crippen molar-refractivity contribution < 1.29 is 23.5 Å². The van der Waals surface area contributed by atoms with Crippen LogP contribution in [0, 0.1) is 36.8 Å². The van der Waals surface area contributed by atoms with E-state index in [1.54, 1.807) is 13.0 Å². The lowest BCUT2D eigenvalue weighted by Gasteiger charge is -2.21. The van der Waals surface area contributed by atoms with Crippen molar-refractivity contribution in [2.75, 3.05) is 6.61 Å². The summed E-state index contributed by atoms with van der Waals surface area (Å²) in [5.41, 5.74) is 1.50. The van der Waals surface area contributed by atoms with E-state index in [0.717, 1.165) is 25.0 Å². The van der Waals surface area contributed by atoms with E-state index in [0.29, 0.717) is 16.8 Å². The second-order valence-electron chi connectivity index (χ2n) is 8.30. The van der Waals surface area contributed by atoms with Crippen LogP contribution < -0.4 is 5.32 Å². The zero-order valence-corrected chi connectivity index (χ0v) is 18.0. The van der Waals surface area contributed by atoms with Crippen LogP contribution in [0.4, 0.5) is 4.39 Å². The number of benzene rings is 2. The molecule has 1 aliphatic carbocycles. The average molecular weight is 448 g/mol. The summed E-state index contributed by atoms with van der Waals surface area (Å²) < 4.78 is 36.8. The van der Waals surface area contributed by atoms with Crippen molar-refractivity contribution >= 4 is 5.91 Å². The number of aliphatic hydroxyl groups excluding tert-OH is 1. The molecular weight excluding hydrogens is 419 g/mol. The summed E-state index contributed by atoms with van der Waals surface area (Å²) in [6.45, 7) is -0.600. The molecule has 0 radical (unpaired) electrons. The number of phenolic OH excluding ortho intramolecular Hbond substituents is 1. The van der Waals surface area contributed by atoms with Crippen LogP contribution in [0.25, 0.3) is 0 Å². The smallest absolute Gasteiger partial charge is 0.270 e. The number of nitrogens with one attached hydrogen (secondary N) is 1. The first-order valence-electron chi connectivity index (χ1n) is 12.0. The second-order valence-corrected chi connectivity index (χ2v) is 8.30. The Kier molecular flexibility index (Phi) is 5.17. The predicted molar refractivity (Wildman–Crippen MR) is 123 cm³/mol. The molecule has 1 saturated carbocycles. The summed E-state index contributed by atoms with van der Waals surface area (Å²) >= 11 is 0. The van der Waals surface area contributed by atoms with Crippen LogP contribution in [-0.4, -0.2) is 27.7 Å². The van der Waals surface area contributed by atoms with Gasteiger partial charge in [0.25, 0.3) is 5.91 Å². The number of aryl methyl sites for hydroxylation is 2. The number of rotatable bonds is 5. The van der Waals surface area contributed by atoms with Gasteiger partial charge < -0.3 is 15.5 Å². The molecule has 0 bridgehead atoms. The van der Waals surface area contributed by atoms with Crippen molar-refractivity contribution in [2.45, 2.75) is 32.7 Å². The predicted octanol–water partition coefficient (Wildman–Crippen LogP) is 4.19. The Morgan fingerprint density at radius 2 is 2.00 bits per heavy atom. The molecule has 2 aromatic carbocycles. The molecule has 1 aromatic heterocycles. The Hall–Kier alpha value is -3.69. The first-order chi connectivity index (χ1) is 17.0. The summed E-state index contributed by atoms with van der Waals surface area (Å²) in [5, 5.41) is 22.7. The van der Waals surface area contributed by atoms with Crippen molar-refractivity contribution in [3.05, 3.63) is 94.1 Å². The Morgan fingerprint density at radius 3 is 2.67 bits per heavy atom. The molecule has 0 saturated heterocycles. The Bertz CT molecular complexity index is 1360. The molecule has 1 aliphatic rings. The molecular formula is C27H25FN2O3. The minimum atomic E-state index is -2.31. The molecule has 3 aromatic rings. The number of phenols is 1. The lowest BCUT2D eigenvalue weighted by molar-refractivity contribution is 0.0937. The van der Waals surface area contributed by atoms with Gasteiger partial charge in [0.1, 0.15) is 17.3 Å². The summed E-state index contributed by atoms with van der Waals surface area (Å²) in [6.07, 6.45) is 1.65. The third-order valence-electron chi connectivity index (χ3n) is 5.63. The van der Waals surface area contributed by atoms with E-state index in [2.05, 4.69) is 22.1 Å². The van der Waals surface area contributed by atoms with Gasteiger partial charge in [0.15, 0.2) is 0 Å². The van der Waals surface area contributed by atoms with Gasteiger partial charge in [-0.1, -0.05) is 41.7 Å². The Labute approximate surface area is 196 Å². The fraction of sp³-hybridized carbons (Fsp3) is 0.259. The number of aliphatic hydroxyl groups is 1. The van der Waals surface area contributed by atoms with Gasteiger partial charge in [-0.25, -0.2) is 9.37 Å². The number of hydrogen-bond acceptors (Lipinski definition) is 4. The van der Waals surface area contributed by atoms with Gasteiger partial charge >= 0.3 is 0 Å². The minimum absolute atomic E-state index is 0.0171. The average Bonchev–Trinajstić information content (AvgIpc) is 3.62. The number of aromatic nitrogens is 1. The van der Waals surface area contributed by atoms with Crippen molar-refractivity contribution in [3.63, 3.8) is 0 Å². The minimum Gasteiger partial charge on any atom is -0.508 e. The van der Waals surface area contributed by atoms with Crippen molar-refractivity contribution in [1.29, 1.82) is 0 Å². The molecule has 1 fully saturated rings. The van der Waals surface area contributed by atoms with Gasteiger partial charge in [0, 0.05) is 20.9 Å². The summed E-state index contributed by atoms with van der Waals surface area (Å²) in [4.78, 5) is 17.6. The van der Waals surface area contributed by atoms with Crippen LogP contribution in [0.15, 0.2) is 54.6 Å². The third-order valence-corrected chi connectivity index (χ3v) is 5.63. The number of carbonyl (C=O) groups is 1. The summed E-state index contributed by atoms with van der Waals surface area (Å²) in [6, 6.07) is 11.5.